The number of alkyl halides is 1. The standard InChI is InChI=1S/C15H22BrNOSi/c1-14(2,3)19(5,6)15(16)13(17-15)11-7-9-12(18-4)10-8-11/h7-10H,1-6H3. The predicted octanol–water partition coefficient (Wildman–Crippen LogP) is 4.64. The molecule has 1 heterocycles. The van der Waals surface area contributed by atoms with Gasteiger partial charge in [-0.25, -0.2) is 0 Å². The molecule has 1 atom stereocenters. The molecule has 0 N–H and O–H groups in total. The van der Waals surface area contributed by atoms with E-state index in [9.17, 15) is 0 Å². The van der Waals surface area contributed by atoms with Crippen molar-refractivity contribution in [2.24, 2.45) is 4.99 Å². The van der Waals surface area contributed by atoms with Crippen LogP contribution in [0.3, 0.4) is 0 Å². The molecule has 0 radical (unpaired) electrons. The van der Waals surface area contributed by atoms with Crippen molar-refractivity contribution >= 4 is 29.7 Å². The Hall–Kier alpha value is -0.613. The molecular formula is C15H22BrNOSi. The van der Waals surface area contributed by atoms with Crippen molar-refractivity contribution < 1.29 is 4.74 Å². The first-order chi connectivity index (χ1) is 8.63. The molecule has 0 fully saturated rings. The lowest BCUT2D eigenvalue weighted by molar-refractivity contribution is 0.415. The molecule has 0 saturated heterocycles. The first-order valence-electron chi connectivity index (χ1n) is 6.57. The number of aliphatic imine (C=N–C) groups is 1. The van der Waals surface area contributed by atoms with Gasteiger partial charge in [-0.1, -0.05) is 49.8 Å². The number of hydrogen-bond donors (Lipinski definition) is 0. The number of benzene rings is 1. The number of methoxy groups -OCH3 is 1. The summed E-state index contributed by atoms with van der Waals surface area (Å²) in [4.78, 5) is 4.80. The molecule has 19 heavy (non-hydrogen) atoms. The number of ether oxygens (including phenoxy) is 1. The zero-order chi connectivity index (χ0) is 14.5. The predicted molar refractivity (Wildman–Crippen MR) is 88.4 cm³/mol. The van der Waals surface area contributed by atoms with Crippen molar-refractivity contribution in [3.05, 3.63) is 29.8 Å². The molecule has 0 aromatic heterocycles. The lowest BCUT2D eigenvalue weighted by Crippen LogP contribution is -2.51. The molecule has 0 bridgehead atoms. The minimum Gasteiger partial charge on any atom is -0.497 e. The van der Waals surface area contributed by atoms with Crippen molar-refractivity contribution in [2.45, 2.75) is 43.0 Å². The second kappa shape index (κ2) is 4.45. The van der Waals surface area contributed by atoms with Gasteiger partial charge in [-0.05, 0) is 34.9 Å². The molecule has 1 aliphatic heterocycles. The van der Waals surface area contributed by atoms with Crippen LogP contribution < -0.4 is 4.74 Å². The molecule has 4 heteroatoms. The Morgan fingerprint density at radius 2 is 1.68 bits per heavy atom. The fourth-order valence-corrected chi connectivity index (χ4v) is 6.38. The SMILES string of the molecule is COc1ccc(C2=NC2(Br)[Si](C)(C)C(C)(C)C)cc1. The highest BCUT2D eigenvalue weighted by Gasteiger charge is 2.62. The van der Waals surface area contributed by atoms with E-state index in [4.69, 9.17) is 9.73 Å². The van der Waals surface area contributed by atoms with Crippen molar-refractivity contribution in [1.29, 1.82) is 0 Å². The molecule has 0 spiro atoms. The molecule has 2 nitrogen and oxygen atoms in total. The highest BCUT2D eigenvalue weighted by Crippen LogP contribution is 2.55. The van der Waals surface area contributed by atoms with Crippen molar-refractivity contribution in [2.75, 3.05) is 7.11 Å². The number of nitrogens with zero attached hydrogens (tertiary/aromatic N) is 1. The summed E-state index contributed by atoms with van der Waals surface area (Å²) in [6, 6.07) is 8.17. The van der Waals surface area contributed by atoms with E-state index < -0.39 is 8.07 Å². The van der Waals surface area contributed by atoms with Crippen LogP contribution in [0.1, 0.15) is 26.3 Å². The summed E-state index contributed by atoms with van der Waals surface area (Å²) in [5, 5.41) is 0.300. The van der Waals surface area contributed by atoms with Crippen LogP contribution >= 0.6 is 15.9 Å². The Morgan fingerprint density at radius 3 is 2.11 bits per heavy atom. The minimum atomic E-state index is -1.58. The normalized spacial score (nSPS) is 23.0. The van der Waals surface area contributed by atoms with Gasteiger partial charge in [0.05, 0.1) is 12.8 Å². The van der Waals surface area contributed by atoms with E-state index in [-0.39, 0.29) is 4.07 Å². The first kappa shape index (κ1) is 14.8. The monoisotopic (exact) mass is 339 g/mol. The molecule has 2 rings (SSSR count). The van der Waals surface area contributed by atoms with Crippen LogP contribution in [0, 0.1) is 0 Å². The third-order valence-corrected chi connectivity index (χ3v) is 13.9. The zero-order valence-electron chi connectivity index (χ0n) is 12.5. The quantitative estimate of drug-likeness (QED) is 0.446. The van der Waals surface area contributed by atoms with Gasteiger partial charge in [0.25, 0.3) is 0 Å². The van der Waals surface area contributed by atoms with Gasteiger partial charge in [0.1, 0.15) is 17.9 Å². The van der Waals surface area contributed by atoms with E-state index >= 15 is 0 Å². The fourth-order valence-electron chi connectivity index (χ4n) is 2.06. The molecule has 1 unspecified atom stereocenters. The van der Waals surface area contributed by atoms with Crippen LogP contribution in [0.15, 0.2) is 29.3 Å². The second-order valence-corrected chi connectivity index (χ2v) is 14.0. The van der Waals surface area contributed by atoms with Gasteiger partial charge in [-0.2, -0.15) is 0 Å². The Bertz CT molecular complexity index is 516. The van der Waals surface area contributed by atoms with E-state index in [0.717, 1.165) is 5.75 Å². The zero-order valence-corrected chi connectivity index (χ0v) is 15.1. The lowest BCUT2D eigenvalue weighted by atomic mass is 10.2. The lowest BCUT2D eigenvalue weighted by Gasteiger charge is -2.40. The summed E-state index contributed by atoms with van der Waals surface area (Å²) in [7, 11) is 0.107. The van der Waals surface area contributed by atoms with Gasteiger partial charge in [-0.15, -0.1) is 0 Å². The highest BCUT2D eigenvalue weighted by molar-refractivity contribution is 9.11. The Kier molecular flexibility index (Phi) is 3.46. The largest absolute Gasteiger partial charge is 0.497 e. The van der Waals surface area contributed by atoms with Crippen molar-refractivity contribution in [1.82, 2.24) is 0 Å². The van der Waals surface area contributed by atoms with Gasteiger partial charge < -0.3 is 4.74 Å². The van der Waals surface area contributed by atoms with Crippen LogP contribution in [0.4, 0.5) is 0 Å². The maximum atomic E-state index is 5.20. The average Bonchev–Trinajstić information content (AvgIpc) is 3.02. The summed E-state index contributed by atoms with van der Waals surface area (Å²) in [5.74, 6) is 0.887. The number of halogens is 1. The Morgan fingerprint density at radius 1 is 1.16 bits per heavy atom. The van der Waals surface area contributed by atoms with Gasteiger partial charge in [0.15, 0.2) is 0 Å². The van der Waals surface area contributed by atoms with Crippen molar-refractivity contribution in [3.63, 3.8) is 0 Å². The minimum absolute atomic E-state index is 0.104. The highest BCUT2D eigenvalue weighted by atomic mass is 79.9. The number of hydrogen-bond acceptors (Lipinski definition) is 2. The fraction of sp³-hybridized carbons (Fsp3) is 0.533. The summed E-state index contributed by atoms with van der Waals surface area (Å²) >= 11 is 3.91. The van der Waals surface area contributed by atoms with Crippen LogP contribution in [-0.2, 0) is 0 Å². The van der Waals surface area contributed by atoms with E-state index in [1.165, 1.54) is 11.3 Å². The number of rotatable bonds is 3. The van der Waals surface area contributed by atoms with Crippen LogP contribution in [0.5, 0.6) is 5.75 Å². The third kappa shape index (κ3) is 2.29. The molecule has 1 aromatic carbocycles. The van der Waals surface area contributed by atoms with Crippen LogP contribution in [0.25, 0.3) is 0 Å². The van der Waals surface area contributed by atoms with E-state index in [0.29, 0.717) is 5.04 Å². The first-order valence-corrected chi connectivity index (χ1v) is 10.4. The maximum absolute atomic E-state index is 5.20. The smallest absolute Gasteiger partial charge is 0.145 e. The Balaban J connectivity index is 2.25. The van der Waals surface area contributed by atoms with E-state index in [2.05, 4.69) is 61.9 Å². The average molecular weight is 340 g/mol. The third-order valence-electron chi connectivity index (χ3n) is 4.60. The van der Waals surface area contributed by atoms with Gasteiger partial charge >= 0.3 is 0 Å². The van der Waals surface area contributed by atoms with Crippen molar-refractivity contribution in [3.8, 4) is 5.75 Å². The van der Waals surface area contributed by atoms with Crippen LogP contribution in [-0.4, -0.2) is 25.0 Å². The maximum Gasteiger partial charge on any atom is 0.145 e. The molecule has 0 saturated carbocycles. The van der Waals surface area contributed by atoms with E-state index in [1.54, 1.807) is 7.11 Å². The van der Waals surface area contributed by atoms with Gasteiger partial charge in [0.2, 0.25) is 0 Å². The summed E-state index contributed by atoms with van der Waals surface area (Å²) in [6.07, 6.45) is 0. The molecule has 1 aromatic rings. The Labute approximate surface area is 125 Å². The summed E-state index contributed by atoms with van der Waals surface area (Å²) in [6.45, 7) is 11.8. The molecule has 1 aliphatic rings. The molecule has 0 aliphatic carbocycles. The molecular weight excluding hydrogens is 318 g/mol. The van der Waals surface area contributed by atoms with E-state index in [1.807, 2.05) is 12.1 Å². The van der Waals surface area contributed by atoms with Crippen LogP contribution in [0.2, 0.25) is 18.1 Å². The summed E-state index contributed by atoms with van der Waals surface area (Å²) < 4.78 is 5.10. The second-order valence-electron chi connectivity index (χ2n) is 6.69. The molecule has 0 amide bonds. The molecule has 104 valence electrons. The topological polar surface area (TPSA) is 21.6 Å². The van der Waals surface area contributed by atoms with Gasteiger partial charge in [-0.3, -0.25) is 4.99 Å². The van der Waals surface area contributed by atoms with Gasteiger partial charge in [0, 0.05) is 0 Å². The summed E-state index contributed by atoms with van der Waals surface area (Å²) in [5.41, 5.74) is 2.39.